The number of anilines is 1. The Bertz CT molecular complexity index is 469. The Morgan fingerprint density at radius 3 is 3.16 bits per heavy atom. The lowest BCUT2D eigenvalue weighted by Crippen LogP contribution is -2.39. The van der Waals surface area contributed by atoms with E-state index in [0.717, 1.165) is 37.3 Å². The van der Waals surface area contributed by atoms with Crippen molar-refractivity contribution in [1.82, 2.24) is 10.3 Å². The highest BCUT2D eigenvalue weighted by molar-refractivity contribution is 7.99. The maximum absolute atomic E-state index is 13.1. The molecule has 2 atom stereocenters. The molecule has 2 unspecified atom stereocenters. The molecule has 1 aliphatic carbocycles. The van der Waals surface area contributed by atoms with E-state index in [9.17, 15) is 9.18 Å². The Labute approximate surface area is 116 Å². The van der Waals surface area contributed by atoms with Gasteiger partial charge in [-0.2, -0.15) is 11.8 Å². The van der Waals surface area contributed by atoms with Gasteiger partial charge in [0.2, 0.25) is 0 Å². The summed E-state index contributed by atoms with van der Waals surface area (Å²) in [4.78, 5) is 15.8. The summed E-state index contributed by atoms with van der Waals surface area (Å²) in [5.41, 5.74) is 5.73. The number of halogens is 1. The van der Waals surface area contributed by atoms with Gasteiger partial charge in [-0.25, -0.2) is 9.37 Å². The largest absolute Gasteiger partial charge is 0.383 e. The molecule has 1 amide bonds. The van der Waals surface area contributed by atoms with Gasteiger partial charge in [-0.15, -0.1) is 0 Å². The van der Waals surface area contributed by atoms with Gasteiger partial charge in [0.1, 0.15) is 11.6 Å². The average Bonchev–Trinajstić information content (AvgIpc) is 2.80. The minimum Gasteiger partial charge on any atom is -0.383 e. The summed E-state index contributed by atoms with van der Waals surface area (Å²) in [6, 6.07) is 1.27. The van der Waals surface area contributed by atoms with Crippen molar-refractivity contribution in [3.05, 3.63) is 23.6 Å². The van der Waals surface area contributed by atoms with E-state index in [1.807, 2.05) is 11.8 Å². The first kappa shape index (κ1) is 14.1. The molecule has 1 aromatic heterocycles. The molecule has 4 nitrogen and oxygen atoms in total. The summed E-state index contributed by atoms with van der Waals surface area (Å²) in [5.74, 6) is 0.209. The maximum atomic E-state index is 13.1. The fourth-order valence-electron chi connectivity index (χ4n) is 2.38. The molecule has 0 radical (unpaired) electrons. The fourth-order valence-corrected chi connectivity index (χ4v) is 3.58. The summed E-state index contributed by atoms with van der Waals surface area (Å²) in [7, 11) is 0. The zero-order valence-electron chi connectivity index (χ0n) is 10.9. The molecular formula is C13H18FN3OS. The zero-order chi connectivity index (χ0) is 13.8. The topological polar surface area (TPSA) is 68.0 Å². The lowest BCUT2D eigenvalue weighted by Gasteiger charge is -2.20. The zero-order valence-corrected chi connectivity index (χ0v) is 11.7. The monoisotopic (exact) mass is 283 g/mol. The van der Waals surface area contributed by atoms with E-state index in [-0.39, 0.29) is 23.3 Å². The van der Waals surface area contributed by atoms with Crippen molar-refractivity contribution in [2.24, 2.45) is 0 Å². The van der Waals surface area contributed by atoms with E-state index in [2.05, 4.69) is 17.2 Å². The Morgan fingerprint density at radius 2 is 2.42 bits per heavy atom. The lowest BCUT2D eigenvalue weighted by molar-refractivity contribution is 0.0939. The van der Waals surface area contributed by atoms with Crippen molar-refractivity contribution in [1.29, 1.82) is 0 Å². The molecule has 19 heavy (non-hydrogen) atoms. The number of thioether (sulfide) groups is 1. The lowest BCUT2D eigenvalue weighted by atomic mass is 10.2. The molecule has 0 saturated heterocycles. The van der Waals surface area contributed by atoms with Gasteiger partial charge in [-0.1, -0.05) is 13.3 Å². The van der Waals surface area contributed by atoms with Crippen LogP contribution in [0.25, 0.3) is 0 Å². The van der Waals surface area contributed by atoms with Gasteiger partial charge in [-0.05, 0) is 24.7 Å². The Morgan fingerprint density at radius 1 is 1.63 bits per heavy atom. The highest BCUT2D eigenvalue weighted by atomic mass is 32.2. The molecule has 1 saturated carbocycles. The molecule has 0 bridgehead atoms. The van der Waals surface area contributed by atoms with E-state index in [1.165, 1.54) is 0 Å². The number of nitrogens with zero attached hydrogens (tertiary/aromatic N) is 1. The quantitative estimate of drug-likeness (QED) is 0.889. The minimum absolute atomic E-state index is 0.0663. The number of nitrogens with one attached hydrogen (secondary N) is 1. The molecule has 1 heterocycles. The normalized spacial score (nSPS) is 22.4. The molecule has 1 aromatic rings. The summed E-state index contributed by atoms with van der Waals surface area (Å²) in [5, 5.41) is 3.39. The molecule has 1 aliphatic rings. The Kier molecular flexibility index (Phi) is 4.63. The predicted molar refractivity (Wildman–Crippen MR) is 75.6 cm³/mol. The first-order chi connectivity index (χ1) is 9.11. The van der Waals surface area contributed by atoms with Gasteiger partial charge in [0, 0.05) is 11.3 Å². The number of carbonyl (C=O) groups is 1. The number of carbonyl (C=O) groups excluding carboxylic acids is 1. The molecule has 6 heteroatoms. The van der Waals surface area contributed by atoms with Gasteiger partial charge in [0.25, 0.3) is 5.91 Å². The summed E-state index contributed by atoms with van der Waals surface area (Å²) in [6.45, 7) is 2.11. The van der Waals surface area contributed by atoms with Crippen LogP contribution in [0.5, 0.6) is 0 Å². The average molecular weight is 283 g/mol. The van der Waals surface area contributed by atoms with Crippen LogP contribution in [0.15, 0.2) is 12.3 Å². The SMILES string of the molecule is CCSC1CCCC1NC(=O)c1cc(F)cnc1N. The molecule has 0 spiro atoms. The number of nitrogen functional groups attached to an aromatic ring is 1. The summed E-state index contributed by atoms with van der Waals surface area (Å²) in [6.07, 6.45) is 4.20. The number of aromatic nitrogens is 1. The highest BCUT2D eigenvalue weighted by Gasteiger charge is 2.29. The number of nitrogens with two attached hydrogens (primary N) is 1. The van der Waals surface area contributed by atoms with Crippen LogP contribution in [0.1, 0.15) is 36.5 Å². The summed E-state index contributed by atoms with van der Waals surface area (Å²) >= 11 is 1.86. The van der Waals surface area contributed by atoms with Gasteiger partial charge in [0.05, 0.1) is 11.8 Å². The van der Waals surface area contributed by atoms with E-state index >= 15 is 0 Å². The third-order valence-electron chi connectivity index (χ3n) is 3.28. The van der Waals surface area contributed by atoms with Crippen LogP contribution in [0, 0.1) is 5.82 Å². The third kappa shape index (κ3) is 3.37. The number of amides is 1. The van der Waals surface area contributed by atoms with E-state index in [4.69, 9.17) is 5.73 Å². The second kappa shape index (κ2) is 6.23. The molecule has 0 aliphatic heterocycles. The van der Waals surface area contributed by atoms with Crippen LogP contribution < -0.4 is 11.1 Å². The predicted octanol–water partition coefficient (Wildman–Crippen LogP) is 2.21. The molecule has 1 fully saturated rings. The number of hydrogen-bond acceptors (Lipinski definition) is 4. The maximum Gasteiger partial charge on any atom is 0.255 e. The second-order valence-corrected chi connectivity index (χ2v) is 6.11. The van der Waals surface area contributed by atoms with Crippen molar-refractivity contribution in [2.75, 3.05) is 11.5 Å². The van der Waals surface area contributed by atoms with Crippen LogP contribution >= 0.6 is 11.8 Å². The van der Waals surface area contributed by atoms with Crippen LogP contribution in [-0.2, 0) is 0 Å². The number of hydrogen-bond donors (Lipinski definition) is 2. The van der Waals surface area contributed by atoms with E-state index in [1.54, 1.807) is 0 Å². The molecule has 3 N–H and O–H groups in total. The number of pyridine rings is 1. The smallest absolute Gasteiger partial charge is 0.255 e. The van der Waals surface area contributed by atoms with Gasteiger partial charge in [-0.3, -0.25) is 4.79 Å². The van der Waals surface area contributed by atoms with Gasteiger partial charge in [0.15, 0.2) is 0 Å². The van der Waals surface area contributed by atoms with Crippen LogP contribution in [0.3, 0.4) is 0 Å². The first-order valence-corrected chi connectivity index (χ1v) is 7.50. The van der Waals surface area contributed by atoms with Crippen molar-refractivity contribution >= 4 is 23.5 Å². The molecule has 0 aromatic carbocycles. The van der Waals surface area contributed by atoms with Crippen LogP contribution in [0.2, 0.25) is 0 Å². The van der Waals surface area contributed by atoms with Crippen LogP contribution in [-0.4, -0.2) is 27.9 Å². The second-order valence-electron chi connectivity index (χ2n) is 4.59. The minimum atomic E-state index is -0.551. The molecule has 2 rings (SSSR count). The van der Waals surface area contributed by atoms with Crippen molar-refractivity contribution < 1.29 is 9.18 Å². The van der Waals surface area contributed by atoms with Crippen molar-refractivity contribution in [3.63, 3.8) is 0 Å². The van der Waals surface area contributed by atoms with Gasteiger partial charge >= 0.3 is 0 Å². The molecular weight excluding hydrogens is 265 g/mol. The fraction of sp³-hybridized carbons (Fsp3) is 0.538. The van der Waals surface area contributed by atoms with E-state index < -0.39 is 5.82 Å². The van der Waals surface area contributed by atoms with Crippen LogP contribution in [0.4, 0.5) is 10.2 Å². The number of rotatable bonds is 4. The van der Waals surface area contributed by atoms with Gasteiger partial charge < -0.3 is 11.1 Å². The van der Waals surface area contributed by atoms with Crippen molar-refractivity contribution in [3.8, 4) is 0 Å². The van der Waals surface area contributed by atoms with E-state index in [0.29, 0.717) is 5.25 Å². The summed E-state index contributed by atoms with van der Waals surface area (Å²) < 4.78 is 13.1. The molecule has 104 valence electrons. The standard InChI is InChI=1S/C13H18FN3OS/c1-2-19-11-5-3-4-10(11)17-13(18)9-6-8(14)7-16-12(9)15/h6-7,10-11H,2-5H2,1H3,(H2,15,16)(H,17,18). The Balaban J connectivity index is 2.06. The van der Waals surface area contributed by atoms with Crippen molar-refractivity contribution in [2.45, 2.75) is 37.5 Å². The Hall–Kier alpha value is -1.30. The third-order valence-corrected chi connectivity index (χ3v) is 4.61. The highest BCUT2D eigenvalue weighted by Crippen LogP contribution is 2.30. The first-order valence-electron chi connectivity index (χ1n) is 6.45.